The summed E-state index contributed by atoms with van der Waals surface area (Å²) in [5, 5.41) is 3.65. The Morgan fingerprint density at radius 3 is 1.62 bits per heavy atom. The van der Waals surface area contributed by atoms with Crippen molar-refractivity contribution in [1.82, 2.24) is 10.2 Å². The van der Waals surface area contributed by atoms with E-state index in [4.69, 9.17) is 10.5 Å². The van der Waals surface area contributed by atoms with Gasteiger partial charge in [-0.25, -0.2) is 0 Å². The summed E-state index contributed by atoms with van der Waals surface area (Å²) in [6.45, 7) is 11.1. The second-order valence-corrected chi connectivity index (χ2v) is 14.5. The van der Waals surface area contributed by atoms with Gasteiger partial charge in [0.1, 0.15) is 0 Å². The average molecular weight is 584 g/mol. The average Bonchev–Trinajstić information content (AvgIpc) is 3.14. The first-order chi connectivity index (χ1) is 20.0. The molecule has 1 aromatic carbocycles. The first kappa shape index (κ1) is 34.6. The summed E-state index contributed by atoms with van der Waals surface area (Å²) >= 11 is 0. The van der Waals surface area contributed by atoms with Crippen LogP contribution in [-0.2, 0) is 20.1 Å². The number of carbonyl (C=O) groups excluding carboxylic acids is 2. The maximum absolute atomic E-state index is 14.3. The maximum atomic E-state index is 14.3. The lowest BCUT2D eigenvalue weighted by Crippen LogP contribution is -2.65. The molecule has 1 unspecified atom stereocenters. The van der Waals surface area contributed by atoms with Gasteiger partial charge in [-0.15, -0.1) is 0 Å². The predicted molar refractivity (Wildman–Crippen MR) is 173 cm³/mol. The summed E-state index contributed by atoms with van der Waals surface area (Å²) in [5.41, 5.74) is 3.41. The molecule has 42 heavy (non-hydrogen) atoms. The summed E-state index contributed by atoms with van der Waals surface area (Å²) in [4.78, 5) is 29.3. The number of hydrogen-bond donors (Lipinski definition) is 2. The van der Waals surface area contributed by atoms with Gasteiger partial charge in [0.15, 0.2) is 5.60 Å². The lowest BCUT2D eigenvalue weighted by atomic mass is 9.72. The third-order valence-electron chi connectivity index (χ3n) is 9.22. The molecule has 1 atom stereocenters. The zero-order valence-electron chi connectivity index (χ0n) is 27.6. The quantitative estimate of drug-likeness (QED) is 0.161. The fraction of sp³-hybridized carbons (Fsp3) is 0.778. The van der Waals surface area contributed by atoms with Gasteiger partial charge >= 0.3 is 0 Å². The lowest BCUT2D eigenvalue weighted by Gasteiger charge is -2.50. The first-order valence-corrected chi connectivity index (χ1v) is 17.2. The van der Waals surface area contributed by atoms with Crippen LogP contribution in [0.4, 0.5) is 0 Å². The molecule has 0 saturated carbocycles. The van der Waals surface area contributed by atoms with Crippen molar-refractivity contribution in [3.05, 3.63) is 35.9 Å². The third-order valence-corrected chi connectivity index (χ3v) is 9.22. The second-order valence-electron chi connectivity index (χ2n) is 14.5. The number of carbonyl (C=O) groups is 2. The van der Waals surface area contributed by atoms with Crippen molar-refractivity contribution < 1.29 is 14.3 Å². The van der Waals surface area contributed by atoms with E-state index in [1.54, 1.807) is 4.90 Å². The van der Waals surface area contributed by atoms with Crippen molar-refractivity contribution in [2.75, 3.05) is 6.54 Å². The van der Waals surface area contributed by atoms with Crippen molar-refractivity contribution in [3.63, 3.8) is 0 Å². The number of nitrogens with two attached hydrogens (primary N) is 1. The van der Waals surface area contributed by atoms with Crippen LogP contribution in [0.15, 0.2) is 30.3 Å². The molecule has 3 rings (SSSR count). The Kier molecular flexibility index (Phi) is 12.9. The van der Waals surface area contributed by atoms with E-state index in [-0.39, 0.29) is 17.0 Å². The van der Waals surface area contributed by atoms with Crippen LogP contribution in [0.1, 0.15) is 156 Å². The van der Waals surface area contributed by atoms with Gasteiger partial charge in [0.25, 0.3) is 17.5 Å². The van der Waals surface area contributed by atoms with Crippen LogP contribution in [0.5, 0.6) is 0 Å². The van der Waals surface area contributed by atoms with Crippen molar-refractivity contribution in [3.8, 4) is 0 Å². The molecule has 6 nitrogen and oxygen atoms in total. The lowest BCUT2D eigenvalue weighted by molar-refractivity contribution is -0.185. The highest BCUT2D eigenvalue weighted by Crippen LogP contribution is 2.51. The Bertz CT molecular complexity index is 960. The molecule has 3 N–H and O–H groups in total. The molecule has 2 amide bonds. The second kappa shape index (κ2) is 15.7. The molecule has 0 aliphatic carbocycles. The topological polar surface area (TPSA) is 84.7 Å². The van der Waals surface area contributed by atoms with E-state index in [9.17, 15) is 9.59 Å². The molecule has 2 aliphatic rings. The molecular formula is C36H61N3O3. The van der Waals surface area contributed by atoms with E-state index in [0.717, 1.165) is 19.3 Å². The smallest absolute Gasteiger partial charge is 0.276 e. The van der Waals surface area contributed by atoms with Crippen LogP contribution < -0.4 is 11.1 Å². The van der Waals surface area contributed by atoms with Gasteiger partial charge in [-0.1, -0.05) is 134 Å². The van der Waals surface area contributed by atoms with Crippen LogP contribution in [0.25, 0.3) is 0 Å². The molecular weight excluding hydrogens is 522 g/mol. The van der Waals surface area contributed by atoms with Crippen molar-refractivity contribution in [1.29, 1.82) is 0 Å². The number of primary amides is 1. The van der Waals surface area contributed by atoms with Gasteiger partial charge in [-0.3, -0.25) is 14.5 Å². The van der Waals surface area contributed by atoms with Crippen LogP contribution in [0.3, 0.4) is 0 Å². The molecule has 1 spiro atoms. The normalized spacial score (nSPS) is 22.6. The van der Waals surface area contributed by atoms with Crippen LogP contribution in [0.2, 0.25) is 0 Å². The molecule has 0 bridgehead atoms. The number of nitrogens with zero attached hydrogens (tertiary/aromatic N) is 1. The van der Waals surface area contributed by atoms with Gasteiger partial charge in [0.05, 0.1) is 0 Å². The van der Waals surface area contributed by atoms with E-state index in [0.29, 0.717) is 24.9 Å². The van der Waals surface area contributed by atoms with E-state index in [1.807, 2.05) is 30.3 Å². The monoisotopic (exact) mass is 583 g/mol. The number of nitrogens with one attached hydrogen (secondary N) is 1. The number of ether oxygens (including phenoxy) is 1. The highest BCUT2D eigenvalue weighted by molar-refractivity contribution is 5.97. The molecule has 238 valence electrons. The van der Waals surface area contributed by atoms with Gasteiger partial charge < -0.3 is 15.8 Å². The molecule has 2 heterocycles. The third kappa shape index (κ3) is 9.05. The molecule has 0 aromatic heterocycles. The highest BCUT2D eigenvalue weighted by Gasteiger charge is 2.67. The molecule has 2 aliphatic heterocycles. The fourth-order valence-electron chi connectivity index (χ4n) is 7.77. The van der Waals surface area contributed by atoms with Crippen molar-refractivity contribution in [2.24, 2.45) is 5.73 Å². The zero-order chi connectivity index (χ0) is 30.7. The summed E-state index contributed by atoms with van der Waals surface area (Å²) < 4.78 is 6.76. The number of rotatable bonds is 19. The minimum Gasteiger partial charge on any atom is -0.365 e. The Morgan fingerprint density at radius 2 is 1.19 bits per heavy atom. The number of amides is 2. The van der Waals surface area contributed by atoms with Gasteiger partial charge in [-0.05, 0) is 34.1 Å². The van der Waals surface area contributed by atoms with E-state index >= 15 is 0 Å². The van der Waals surface area contributed by atoms with Crippen LogP contribution in [-0.4, -0.2) is 39.9 Å². The summed E-state index contributed by atoms with van der Waals surface area (Å²) in [6.07, 6.45) is 21.6. The number of unbranched alkanes of at least 4 members (excludes halogenated alkanes) is 15. The summed E-state index contributed by atoms with van der Waals surface area (Å²) in [7, 11) is 0. The maximum Gasteiger partial charge on any atom is 0.276 e. The Labute approximate surface area is 256 Å². The van der Waals surface area contributed by atoms with Crippen LogP contribution in [0, 0.1) is 0 Å². The Hall–Kier alpha value is -1.92. The first-order valence-electron chi connectivity index (χ1n) is 17.2. The molecule has 2 saturated heterocycles. The largest absolute Gasteiger partial charge is 0.365 e. The van der Waals surface area contributed by atoms with Crippen molar-refractivity contribution in [2.45, 2.75) is 173 Å². The van der Waals surface area contributed by atoms with E-state index in [2.05, 4.69) is 39.9 Å². The van der Waals surface area contributed by atoms with Gasteiger partial charge in [0.2, 0.25) is 0 Å². The minimum atomic E-state index is -1.59. The molecule has 0 radical (unpaired) electrons. The Balaban J connectivity index is 1.50. The molecule has 2 fully saturated rings. The van der Waals surface area contributed by atoms with E-state index < -0.39 is 17.2 Å². The highest BCUT2D eigenvalue weighted by atomic mass is 16.6. The van der Waals surface area contributed by atoms with Gasteiger partial charge in [0, 0.05) is 36.0 Å². The minimum absolute atomic E-state index is 0.103. The number of benzene rings is 1. The number of piperidine rings is 1. The zero-order valence-corrected chi connectivity index (χ0v) is 27.6. The fourth-order valence-corrected chi connectivity index (χ4v) is 7.77. The SMILES string of the molecule is CCCCCCCCCCCCCCCCCCN1C(=O)C2(CC(C)(C)NC(C)(C)C2)OC1(C(N)=O)c1ccccc1. The summed E-state index contributed by atoms with van der Waals surface area (Å²) in [6, 6.07) is 9.37. The number of hydrogen-bond acceptors (Lipinski definition) is 4. The summed E-state index contributed by atoms with van der Waals surface area (Å²) in [5.74, 6) is -0.724. The molecule has 6 heteroatoms. The van der Waals surface area contributed by atoms with E-state index in [1.165, 1.54) is 83.5 Å². The van der Waals surface area contributed by atoms with Crippen LogP contribution >= 0.6 is 0 Å². The Morgan fingerprint density at radius 1 is 0.762 bits per heavy atom. The predicted octanol–water partition coefficient (Wildman–Crippen LogP) is 8.12. The van der Waals surface area contributed by atoms with Gasteiger partial charge in [-0.2, -0.15) is 0 Å². The molecule has 1 aromatic rings. The standard InChI is InChI=1S/C36H61N3O3/c1-6-7-8-9-10-11-12-13-14-15-16-17-18-19-20-24-27-39-32(41)35(28-33(2,3)38-34(4,5)29-35)42-36(39,31(37)40)30-25-22-21-23-26-30/h21-23,25-26,38H,6-20,24,27-29H2,1-5H3,(H2,37,40). The van der Waals surface area contributed by atoms with Crippen molar-refractivity contribution >= 4 is 11.8 Å².